The lowest BCUT2D eigenvalue weighted by Crippen LogP contribution is -2.34. The van der Waals surface area contributed by atoms with Gasteiger partial charge in [-0.25, -0.2) is 18.2 Å². The molecule has 0 radical (unpaired) electrons. The lowest BCUT2D eigenvalue weighted by Gasteiger charge is -2.27. The van der Waals surface area contributed by atoms with E-state index < -0.39 is 16.0 Å². The van der Waals surface area contributed by atoms with Crippen molar-refractivity contribution >= 4 is 56.2 Å². The number of halogens is 2. The average Bonchev–Trinajstić information content (AvgIpc) is 3.08. The van der Waals surface area contributed by atoms with Crippen LogP contribution in [0.3, 0.4) is 0 Å². The second-order valence-electron chi connectivity index (χ2n) is 7.27. The second-order valence-corrected chi connectivity index (χ2v) is 10.9. The standard InChI is InChI=1S/C21H20Cl2N2O4S2/c1-12(2)11-25(31(28,29)19-16(22)5-4-6-17(19)23)15-9-7-14(8-10-15)20-24-13(3)18(30-20)21(26)27/h4-10,12H,11H2,1-3H3,(H,26,27). The maximum absolute atomic E-state index is 13.5. The van der Waals surface area contributed by atoms with Crippen molar-refractivity contribution < 1.29 is 18.3 Å². The van der Waals surface area contributed by atoms with E-state index in [1.165, 1.54) is 16.4 Å². The number of thiazole rings is 1. The lowest BCUT2D eigenvalue weighted by atomic mass is 10.2. The summed E-state index contributed by atoms with van der Waals surface area (Å²) in [6, 6.07) is 11.3. The molecule has 0 unspecified atom stereocenters. The fourth-order valence-corrected chi connectivity index (χ4v) is 6.64. The number of carboxylic acids is 1. The van der Waals surface area contributed by atoms with Crippen molar-refractivity contribution in [3.05, 3.63) is 63.1 Å². The highest BCUT2D eigenvalue weighted by Crippen LogP contribution is 2.35. The molecular weight excluding hydrogens is 479 g/mol. The van der Waals surface area contributed by atoms with Crippen molar-refractivity contribution in [3.63, 3.8) is 0 Å². The van der Waals surface area contributed by atoms with Crippen LogP contribution in [0.1, 0.15) is 29.2 Å². The summed E-state index contributed by atoms with van der Waals surface area (Å²) in [6.45, 7) is 5.69. The normalized spacial score (nSPS) is 11.7. The molecule has 1 aromatic heterocycles. The Labute approximate surface area is 195 Å². The van der Waals surface area contributed by atoms with E-state index in [9.17, 15) is 18.3 Å². The topological polar surface area (TPSA) is 87.6 Å². The van der Waals surface area contributed by atoms with E-state index in [1.54, 1.807) is 37.3 Å². The summed E-state index contributed by atoms with van der Waals surface area (Å²) in [5.74, 6) is -0.987. The number of aromatic nitrogens is 1. The second kappa shape index (κ2) is 9.16. The first-order chi connectivity index (χ1) is 14.5. The van der Waals surface area contributed by atoms with Crippen molar-refractivity contribution in [1.82, 2.24) is 4.98 Å². The average molecular weight is 499 g/mol. The predicted octanol–water partition coefficient (Wildman–Crippen LogP) is 5.97. The molecule has 1 N–H and O–H groups in total. The summed E-state index contributed by atoms with van der Waals surface area (Å²) in [4.78, 5) is 15.6. The molecule has 0 fully saturated rings. The van der Waals surface area contributed by atoms with Crippen molar-refractivity contribution in [1.29, 1.82) is 0 Å². The molecule has 0 atom stereocenters. The summed E-state index contributed by atoms with van der Waals surface area (Å²) in [6.07, 6.45) is 0. The third kappa shape index (κ3) is 4.87. The molecule has 6 nitrogen and oxygen atoms in total. The first-order valence-corrected chi connectivity index (χ1v) is 12.3. The number of aromatic carboxylic acids is 1. The molecular formula is C21H20Cl2N2O4S2. The molecule has 31 heavy (non-hydrogen) atoms. The monoisotopic (exact) mass is 498 g/mol. The fourth-order valence-electron chi connectivity index (χ4n) is 3.00. The van der Waals surface area contributed by atoms with Crippen LogP contribution in [-0.4, -0.2) is 31.0 Å². The minimum atomic E-state index is -4.02. The first-order valence-electron chi connectivity index (χ1n) is 9.30. The third-order valence-electron chi connectivity index (χ3n) is 4.39. The van der Waals surface area contributed by atoms with E-state index in [2.05, 4.69) is 4.98 Å². The number of carbonyl (C=O) groups is 1. The number of benzene rings is 2. The summed E-state index contributed by atoms with van der Waals surface area (Å²) in [5, 5.41) is 9.90. The molecule has 10 heteroatoms. The van der Waals surface area contributed by atoms with Gasteiger partial charge in [0.2, 0.25) is 0 Å². The van der Waals surface area contributed by atoms with Crippen LogP contribution in [0.5, 0.6) is 0 Å². The minimum Gasteiger partial charge on any atom is -0.477 e. The zero-order valence-corrected chi connectivity index (χ0v) is 20.1. The van der Waals surface area contributed by atoms with Crippen molar-refractivity contribution in [3.8, 4) is 10.6 Å². The smallest absolute Gasteiger partial charge is 0.347 e. The van der Waals surface area contributed by atoms with Gasteiger partial charge < -0.3 is 5.11 Å². The van der Waals surface area contributed by atoms with Crippen LogP contribution in [0, 0.1) is 12.8 Å². The lowest BCUT2D eigenvalue weighted by molar-refractivity contribution is 0.0701. The summed E-state index contributed by atoms with van der Waals surface area (Å²) >= 11 is 13.4. The molecule has 3 aromatic rings. The highest BCUT2D eigenvalue weighted by Gasteiger charge is 2.30. The van der Waals surface area contributed by atoms with Gasteiger partial charge in [-0.3, -0.25) is 4.31 Å². The van der Waals surface area contributed by atoms with Gasteiger partial charge in [0.15, 0.2) is 0 Å². The van der Waals surface area contributed by atoms with Crippen LogP contribution in [0.15, 0.2) is 47.4 Å². The SMILES string of the molecule is Cc1nc(-c2ccc(N(CC(C)C)S(=O)(=O)c3c(Cl)cccc3Cl)cc2)sc1C(=O)O. The molecule has 0 aliphatic carbocycles. The number of nitrogens with zero attached hydrogens (tertiary/aromatic N) is 2. The van der Waals surface area contributed by atoms with Crippen LogP contribution < -0.4 is 4.31 Å². The Morgan fingerprint density at radius 3 is 2.19 bits per heavy atom. The molecule has 2 aromatic carbocycles. The summed E-state index contributed by atoms with van der Waals surface area (Å²) < 4.78 is 28.2. The van der Waals surface area contributed by atoms with Crippen molar-refractivity contribution in [2.75, 3.05) is 10.8 Å². The molecule has 0 saturated carbocycles. The van der Waals surface area contributed by atoms with Crippen LogP contribution >= 0.6 is 34.5 Å². The highest BCUT2D eigenvalue weighted by atomic mass is 35.5. The van der Waals surface area contributed by atoms with Gasteiger partial charge in [0.05, 0.1) is 21.4 Å². The van der Waals surface area contributed by atoms with Gasteiger partial charge in [0.1, 0.15) is 14.8 Å². The summed E-state index contributed by atoms with van der Waals surface area (Å²) in [5.41, 5.74) is 1.58. The zero-order chi connectivity index (χ0) is 22.9. The van der Waals surface area contributed by atoms with E-state index in [0.717, 1.165) is 11.3 Å². The fraction of sp³-hybridized carbons (Fsp3) is 0.238. The molecule has 0 saturated heterocycles. The van der Waals surface area contributed by atoms with Gasteiger partial charge in [-0.15, -0.1) is 11.3 Å². The van der Waals surface area contributed by atoms with E-state index >= 15 is 0 Å². The van der Waals surface area contributed by atoms with E-state index in [0.29, 0.717) is 22.0 Å². The number of aryl methyl sites for hydroxylation is 1. The molecule has 0 amide bonds. The Bertz CT molecular complexity index is 1200. The Kier molecular flexibility index (Phi) is 6.95. The van der Waals surface area contributed by atoms with Crippen LogP contribution in [-0.2, 0) is 10.0 Å². The van der Waals surface area contributed by atoms with Crippen molar-refractivity contribution in [2.45, 2.75) is 25.7 Å². The van der Waals surface area contributed by atoms with Gasteiger partial charge in [-0.1, -0.05) is 43.1 Å². The van der Waals surface area contributed by atoms with E-state index in [4.69, 9.17) is 23.2 Å². The quantitative estimate of drug-likeness (QED) is 0.433. The maximum Gasteiger partial charge on any atom is 0.347 e. The Hall–Kier alpha value is -2.13. The number of rotatable bonds is 7. The van der Waals surface area contributed by atoms with Gasteiger partial charge in [0, 0.05) is 12.1 Å². The zero-order valence-electron chi connectivity index (χ0n) is 17.0. The molecule has 0 spiro atoms. The number of anilines is 1. The molecule has 0 aliphatic rings. The predicted molar refractivity (Wildman–Crippen MR) is 125 cm³/mol. The van der Waals surface area contributed by atoms with E-state index in [-0.39, 0.29) is 32.3 Å². The summed E-state index contributed by atoms with van der Waals surface area (Å²) in [7, 11) is -4.02. The third-order valence-corrected chi connectivity index (χ3v) is 8.34. The Balaban J connectivity index is 2.04. The number of hydrogen-bond acceptors (Lipinski definition) is 5. The number of sulfonamides is 1. The van der Waals surface area contributed by atoms with Gasteiger partial charge in [-0.2, -0.15) is 0 Å². The number of hydrogen-bond donors (Lipinski definition) is 1. The number of carboxylic acid groups (broad SMARTS) is 1. The van der Waals surface area contributed by atoms with Gasteiger partial charge in [0.25, 0.3) is 10.0 Å². The molecule has 164 valence electrons. The largest absolute Gasteiger partial charge is 0.477 e. The Morgan fingerprint density at radius 1 is 1.13 bits per heavy atom. The first kappa shape index (κ1) is 23.5. The minimum absolute atomic E-state index is 0.0375. The molecule has 0 aliphatic heterocycles. The molecule has 0 bridgehead atoms. The van der Waals surface area contributed by atoms with Crippen molar-refractivity contribution in [2.24, 2.45) is 5.92 Å². The van der Waals surface area contributed by atoms with Gasteiger partial charge in [-0.05, 0) is 49.2 Å². The van der Waals surface area contributed by atoms with Gasteiger partial charge >= 0.3 is 5.97 Å². The van der Waals surface area contributed by atoms with Crippen LogP contribution in [0.25, 0.3) is 10.6 Å². The molecule has 3 rings (SSSR count). The van der Waals surface area contributed by atoms with E-state index in [1.807, 2.05) is 13.8 Å². The molecule has 1 heterocycles. The highest BCUT2D eigenvalue weighted by molar-refractivity contribution is 7.93. The van der Waals surface area contributed by atoms with Crippen LogP contribution in [0.2, 0.25) is 10.0 Å². The van der Waals surface area contributed by atoms with Crippen LogP contribution in [0.4, 0.5) is 5.69 Å². The Morgan fingerprint density at radius 2 is 1.71 bits per heavy atom. The maximum atomic E-state index is 13.5.